The first-order valence-electron chi connectivity index (χ1n) is 10.8. The molecule has 0 N–H and O–H groups in total. The van der Waals surface area contributed by atoms with Crippen molar-refractivity contribution in [3.63, 3.8) is 0 Å². The van der Waals surface area contributed by atoms with E-state index in [1.807, 2.05) is 31.4 Å². The van der Waals surface area contributed by atoms with Crippen LogP contribution < -0.4 is 0 Å². The molecule has 1 saturated heterocycles. The highest BCUT2D eigenvalue weighted by atomic mass is 16.6. The number of hydrogen-bond donors (Lipinski definition) is 0. The second-order valence-corrected chi connectivity index (χ2v) is 8.96. The lowest BCUT2D eigenvalue weighted by Gasteiger charge is -2.37. The molecule has 1 aromatic carbocycles. The van der Waals surface area contributed by atoms with Crippen LogP contribution >= 0.6 is 0 Å². The highest BCUT2D eigenvalue weighted by Crippen LogP contribution is 2.49. The van der Waals surface area contributed by atoms with Crippen molar-refractivity contribution in [1.29, 1.82) is 0 Å². The van der Waals surface area contributed by atoms with Gasteiger partial charge in [-0.2, -0.15) is 10.1 Å². The van der Waals surface area contributed by atoms with Gasteiger partial charge in [0.25, 0.3) is 17.5 Å². The summed E-state index contributed by atoms with van der Waals surface area (Å²) in [5.41, 5.74) is 4.10. The highest BCUT2D eigenvalue weighted by Gasteiger charge is 2.56. The standard InChI is InChI=1S/C24H24N4O4/c1-13-4-9-19(28(31)32)11-20(13)26-14(2)10-18(15(26)3)12-25-27-23(29)21-16-5-6-17(8-7-16)22(21)24(27)30/h4-6,9-12,16-17,21-22H,7-8H2,1-3H3/b25-12-/t16-,17-,21+,22+/m0/s1. The monoisotopic (exact) mass is 432 g/mol. The maximum atomic E-state index is 13.0. The van der Waals surface area contributed by atoms with Crippen molar-refractivity contribution in [3.8, 4) is 5.69 Å². The number of rotatable bonds is 4. The van der Waals surface area contributed by atoms with Crippen molar-refractivity contribution in [1.82, 2.24) is 9.58 Å². The van der Waals surface area contributed by atoms with E-state index in [2.05, 4.69) is 17.3 Å². The van der Waals surface area contributed by atoms with E-state index in [0.717, 1.165) is 46.1 Å². The lowest BCUT2D eigenvalue weighted by molar-refractivity contribution is -0.384. The summed E-state index contributed by atoms with van der Waals surface area (Å²) in [6.07, 6.45) is 7.62. The lowest BCUT2D eigenvalue weighted by Crippen LogP contribution is -2.38. The van der Waals surface area contributed by atoms with Crippen LogP contribution in [0.3, 0.4) is 0 Å². The van der Waals surface area contributed by atoms with E-state index in [0.29, 0.717) is 0 Å². The molecule has 8 heteroatoms. The molecule has 3 aliphatic carbocycles. The molecular weight excluding hydrogens is 408 g/mol. The number of nitrogens with zero attached hydrogens (tertiary/aromatic N) is 4. The van der Waals surface area contributed by atoms with Crippen LogP contribution in [0.1, 0.15) is 35.4 Å². The number of benzene rings is 1. The quantitative estimate of drug-likeness (QED) is 0.241. The fraction of sp³-hybridized carbons (Fsp3) is 0.375. The van der Waals surface area contributed by atoms with Crippen LogP contribution in [0.4, 0.5) is 5.69 Å². The average Bonchev–Trinajstić information content (AvgIpc) is 3.21. The number of carbonyl (C=O) groups is 2. The number of imide groups is 1. The smallest absolute Gasteiger partial charge is 0.271 e. The number of amides is 2. The van der Waals surface area contributed by atoms with Crippen LogP contribution in [0.2, 0.25) is 0 Å². The van der Waals surface area contributed by atoms with Gasteiger partial charge in [0.05, 0.1) is 28.7 Å². The number of aryl methyl sites for hydroxylation is 2. The molecule has 2 amide bonds. The minimum Gasteiger partial charge on any atom is -0.317 e. The van der Waals surface area contributed by atoms with Crippen molar-refractivity contribution >= 4 is 23.7 Å². The summed E-state index contributed by atoms with van der Waals surface area (Å²) >= 11 is 0. The first kappa shape index (κ1) is 20.4. The van der Waals surface area contributed by atoms with Crippen molar-refractivity contribution < 1.29 is 14.5 Å². The van der Waals surface area contributed by atoms with Gasteiger partial charge in [0, 0.05) is 29.1 Å². The summed E-state index contributed by atoms with van der Waals surface area (Å²) in [6, 6.07) is 6.67. The van der Waals surface area contributed by atoms with Crippen LogP contribution in [-0.4, -0.2) is 32.5 Å². The molecule has 2 heterocycles. The van der Waals surface area contributed by atoms with E-state index in [4.69, 9.17) is 0 Å². The van der Waals surface area contributed by atoms with Gasteiger partial charge >= 0.3 is 0 Å². The van der Waals surface area contributed by atoms with E-state index >= 15 is 0 Å². The van der Waals surface area contributed by atoms with Crippen molar-refractivity contribution in [3.05, 3.63) is 69.0 Å². The predicted molar refractivity (Wildman–Crippen MR) is 118 cm³/mol. The molecule has 4 aliphatic rings. The number of fused-ring (bicyclic) bond motifs is 1. The summed E-state index contributed by atoms with van der Waals surface area (Å²) < 4.78 is 1.93. The van der Waals surface area contributed by atoms with Gasteiger partial charge in [-0.1, -0.05) is 18.2 Å². The first-order valence-corrected chi connectivity index (χ1v) is 10.8. The van der Waals surface area contributed by atoms with Gasteiger partial charge in [-0.15, -0.1) is 0 Å². The second-order valence-electron chi connectivity index (χ2n) is 8.96. The number of non-ortho nitro benzene ring substituents is 1. The summed E-state index contributed by atoms with van der Waals surface area (Å²) in [5.74, 6) is -0.740. The molecule has 2 bridgehead atoms. The van der Waals surface area contributed by atoms with Gasteiger partial charge in [0.1, 0.15) is 0 Å². The molecule has 2 aromatic rings. The topological polar surface area (TPSA) is 97.8 Å². The van der Waals surface area contributed by atoms with Crippen LogP contribution in [0.25, 0.3) is 5.69 Å². The number of nitro benzene ring substituents is 1. The van der Waals surface area contributed by atoms with Gasteiger partial charge in [0.15, 0.2) is 0 Å². The second kappa shape index (κ2) is 7.25. The maximum absolute atomic E-state index is 13.0. The molecule has 0 unspecified atom stereocenters. The molecule has 32 heavy (non-hydrogen) atoms. The predicted octanol–water partition coefficient (Wildman–Crippen LogP) is 3.84. The number of aromatic nitrogens is 1. The molecular formula is C24H24N4O4. The Bertz CT molecular complexity index is 1190. The van der Waals surface area contributed by atoms with Gasteiger partial charge in [-0.25, -0.2) is 0 Å². The molecule has 1 aromatic heterocycles. The normalized spacial score (nSPS) is 26.4. The SMILES string of the molecule is Cc1ccc([N+](=O)[O-])cc1-n1c(C)cc(/C=N\N2C(=O)[C@H]3[C@H](C2=O)[C@H]2C=C[C@H]3CC2)c1C. The zero-order chi connectivity index (χ0) is 22.7. The zero-order valence-corrected chi connectivity index (χ0v) is 18.2. The highest BCUT2D eigenvalue weighted by molar-refractivity contribution is 6.06. The minimum absolute atomic E-state index is 0.0208. The molecule has 0 radical (unpaired) electrons. The molecule has 2 fully saturated rings. The molecule has 8 nitrogen and oxygen atoms in total. The van der Waals surface area contributed by atoms with Gasteiger partial charge in [0.2, 0.25) is 0 Å². The number of hydrazone groups is 1. The van der Waals surface area contributed by atoms with Crippen LogP contribution in [0, 0.1) is 54.6 Å². The summed E-state index contributed by atoms with van der Waals surface area (Å²) in [6.45, 7) is 5.70. The number of nitro groups is 1. The fourth-order valence-corrected chi connectivity index (χ4v) is 5.53. The van der Waals surface area contributed by atoms with Crippen LogP contribution in [0.5, 0.6) is 0 Å². The molecule has 0 spiro atoms. The summed E-state index contributed by atoms with van der Waals surface area (Å²) in [7, 11) is 0. The Morgan fingerprint density at radius 2 is 1.66 bits per heavy atom. The van der Waals surface area contributed by atoms with E-state index in [1.54, 1.807) is 18.3 Å². The Morgan fingerprint density at radius 3 is 2.22 bits per heavy atom. The molecule has 164 valence electrons. The third kappa shape index (κ3) is 2.93. The molecule has 4 atom stereocenters. The first-order chi connectivity index (χ1) is 15.3. The molecule has 1 saturated carbocycles. The minimum atomic E-state index is -0.411. The van der Waals surface area contributed by atoms with Gasteiger partial charge in [-0.3, -0.25) is 19.7 Å². The Hall–Kier alpha value is -3.55. The van der Waals surface area contributed by atoms with Crippen LogP contribution in [0.15, 0.2) is 41.5 Å². The maximum Gasteiger partial charge on any atom is 0.271 e. The third-order valence-corrected chi connectivity index (χ3v) is 7.16. The number of allylic oxidation sites excluding steroid dienone is 2. The van der Waals surface area contributed by atoms with Crippen molar-refractivity contribution in [2.75, 3.05) is 0 Å². The number of hydrogen-bond acceptors (Lipinski definition) is 5. The summed E-state index contributed by atoms with van der Waals surface area (Å²) in [4.78, 5) is 36.8. The molecule has 1 aliphatic heterocycles. The zero-order valence-electron chi connectivity index (χ0n) is 18.2. The van der Waals surface area contributed by atoms with Gasteiger partial charge < -0.3 is 4.57 Å². The summed E-state index contributed by atoms with van der Waals surface area (Å²) in [5, 5.41) is 16.6. The van der Waals surface area contributed by atoms with E-state index < -0.39 is 4.92 Å². The third-order valence-electron chi connectivity index (χ3n) is 7.16. The van der Waals surface area contributed by atoms with Crippen LogP contribution in [-0.2, 0) is 9.59 Å². The lowest BCUT2D eigenvalue weighted by atomic mass is 9.63. The van der Waals surface area contributed by atoms with Crippen molar-refractivity contribution in [2.24, 2.45) is 28.8 Å². The molecule has 6 rings (SSSR count). The Balaban J connectivity index is 1.47. The Morgan fingerprint density at radius 1 is 1.03 bits per heavy atom. The Labute approximate surface area is 185 Å². The van der Waals surface area contributed by atoms with Gasteiger partial charge in [-0.05, 0) is 57.1 Å². The largest absolute Gasteiger partial charge is 0.317 e. The van der Waals surface area contributed by atoms with E-state index in [9.17, 15) is 19.7 Å². The van der Waals surface area contributed by atoms with Crippen molar-refractivity contribution in [2.45, 2.75) is 33.6 Å². The van der Waals surface area contributed by atoms with E-state index in [1.165, 1.54) is 6.07 Å². The number of carbonyl (C=O) groups excluding carboxylic acids is 2. The average molecular weight is 432 g/mol. The van der Waals surface area contributed by atoms with E-state index in [-0.39, 0.29) is 41.2 Å². The Kier molecular flexibility index (Phi) is 4.62. The fourth-order valence-electron chi connectivity index (χ4n) is 5.53.